The maximum Gasteiger partial charge on any atom is 0.273 e. The van der Waals surface area contributed by atoms with Crippen LogP contribution in [0.15, 0.2) is 34.7 Å². The normalized spacial score (nSPS) is 18.3. The topological polar surface area (TPSA) is 58.4 Å². The molecule has 23 heavy (non-hydrogen) atoms. The van der Waals surface area contributed by atoms with Gasteiger partial charge >= 0.3 is 0 Å². The molecule has 0 bridgehead atoms. The van der Waals surface area contributed by atoms with E-state index in [9.17, 15) is 4.79 Å². The van der Waals surface area contributed by atoms with Gasteiger partial charge in [-0.15, -0.1) is 0 Å². The van der Waals surface area contributed by atoms with Crippen molar-refractivity contribution in [3.05, 3.63) is 41.8 Å². The highest BCUT2D eigenvalue weighted by molar-refractivity contribution is 5.93. The maximum atomic E-state index is 12.4. The molecule has 122 valence electrons. The van der Waals surface area contributed by atoms with E-state index in [0.29, 0.717) is 29.9 Å². The van der Waals surface area contributed by atoms with Gasteiger partial charge in [-0.1, -0.05) is 25.1 Å². The summed E-state index contributed by atoms with van der Waals surface area (Å²) in [6.45, 7) is 6.76. The number of carbonyl (C=O) groups excluding carboxylic acids is 1. The lowest BCUT2D eigenvalue weighted by Crippen LogP contribution is -2.40. The number of aryl methyl sites for hydroxylation is 1. The second kappa shape index (κ2) is 6.96. The molecule has 2 aromatic rings. The summed E-state index contributed by atoms with van der Waals surface area (Å²) >= 11 is 0. The van der Waals surface area contributed by atoms with Gasteiger partial charge in [0.15, 0.2) is 5.69 Å². The Morgan fingerprint density at radius 1 is 1.39 bits per heavy atom. The van der Waals surface area contributed by atoms with Crippen LogP contribution < -0.4 is 5.32 Å². The van der Waals surface area contributed by atoms with Gasteiger partial charge in [0.2, 0.25) is 5.89 Å². The van der Waals surface area contributed by atoms with Crippen LogP contribution in [-0.2, 0) is 0 Å². The number of hydrogen-bond donors (Lipinski definition) is 1. The summed E-state index contributed by atoms with van der Waals surface area (Å²) in [7, 11) is 0. The van der Waals surface area contributed by atoms with Gasteiger partial charge in [0.1, 0.15) is 5.76 Å². The number of oxazole rings is 1. The highest BCUT2D eigenvalue weighted by Crippen LogP contribution is 2.21. The molecule has 0 saturated carbocycles. The summed E-state index contributed by atoms with van der Waals surface area (Å²) in [5.74, 6) is 0.890. The van der Waals surface area contributed by atoms with Gasteiger partial charge in [0.05, 0.1) is 0 Å². The van der Waals surface area contributed by atoms with Crippen molar-refractivity contribution in [1.29, 1.82) is 0 Å². The Hall–Kier alpha value is -2.14. The van der Waals surface area contributed by atoms with E-state index in [4.69, 9.17) is 4.42 Å². The molecule has 2 heterocycles. The molecule has 0 spiro atoms. The van der Waals surface area contributed by atoms with Crippen molar-refractivity contribution in [3.63, 3.8) is 0 Å². The summed E-state index contributed by atoms with van der Waals surface area (Å²) in [5, 5.41) is 3.01. The van der Waals surface area contributed by atoms with E-state index < -0.39 is 0 Å². The fraction of sp³-hybridized carbons (Fsp3) is 0.444. The number of nitrogens with zero attached hydrogens (tertiary/aromatic N) is 2. The molecule has 1 atom stereocenters. The van der Waals surface area contributed by atoms with E-state index in [1.807, 2.05) is 30.3 Å². The molecule has 1 unspecified atom stereocenters. The maximum absolute atomic E-state index is 12.4. The second-order valence-electron chi connectivity index (χ2n) is 5.92. The molecule has 5 nitrogen and oxygen atoms in total. The van der Waals surface area contributed by atoms with Crippen LogP contribution in [0, 0.1) is 6.92 Å². The first-order valence-corrected chi connectivity index (χ1v) is 8.24. The molecular formula is C18H23N3O2. The van der Waals surface area contributed by atoms with Gasteiger partial charge in [-0.2, -0.15) is 0 Å². The van der Waals surface area contributed by atoms with E-state index in [2.05, 4.69) is 22.1 Å². The largest absolute Gasteiger partial charge is 0.441 e. The smallest absolute Gasteiger partial charge is 0.273 e. The molecule has 1 N–H and O–H groups in total. The third kappa shape index (κ3) is 3.45. The van der Waals surface area contributed by atoms with Crippen molar-refractivity contribution in [2.24, 2.45) is 0 Å². The lowest BCUT2D eigenvalue weighted by molar-refractivity contribution is 0.0935. The predicted molar refractivity (Wildman–Crippen MR) is 89.3 cm³/mol. The third-order valence-corrected chi connectivity index (χ3v) is 4.44. The van der Waals surface area contributed by atoms with Crippen LogP contribution in [0.3, 0.4) is 0 Å². The molecule has 1 aromatic carbocycles. The van der Waals surface area contributed by atoms with Gasteiger partial charge in [-0.25, -0.2) is 4.98 Å². The number of likely N-dealkylation sites (tertiary alicyclic amines) is 1. The van der Waals surface area contributed by atoms with Crippen LogP contribution in [0.4, 0.5) is 0 Å². The van der Waals surface area contributed by atoms with Gasteiger partial charge in [0.25, 0.3) is 5.91 Å². The molecule has 1 aliphatic heterocycles. The lowest BCUT2D eigenvalue weighted by Gasteiger charge is -2.22. The predicted octanol–water partition coefficient (Wildman–Crippen LogP) is 2.86. The molecule has 5 heteroatoms. The van der Waals surface area contributed by atoms with Crippen LogP contribution in [0.1, 0.15) is 36.0 Å². The second-order valence-corrected chi connectivity index (χ2v) is 5.92. The monoisotopic (exact) mass is 313 g/mol. The number of likely N-dealkylation sites (N-methyl/N-ethyl adjacent to an activating group) is 1. The standard InChI is InChI=1S/C18H23N3O2/c1-3-21-11-7-10-15(21)12-19-17(22)16-13(2)23-18(20-16)14-8-5-4-6-9-14/h4-6,8-9,15H,3,7,10-12H2,1-2H3,(H,19,22). The summed E-state index contributed by atoms with van der Waals surface area (Å²) in [5.41, 5.74) is 1.26. The molecule has 0 radical (unpaired) electrons. The van der Waals surface area contributed by atoms with Crippen molar-refractivity contribution in [3.8, 4) is 11.5 Å². The fourth-order valence-electron chi connectivity index (χ4n) is 3.15. The summed E-state index contributed by atoms with van der Waals surface area (Å²) in [4.78, 5) is 19.2. The average molecular weight is 313 g/mol. The Labute approximate surface area is 136 Å². The van der Waals surface area contributed by atoms with Crippen molar-refractivity contribution in [1.82, 2.24) is 15.2 Å². The molecular weight excluding hydrogens is 290 g/mol. The minimum Gasteiger partial charge on any atom is -0.441 e. The fourth-order valence-corrected chi connectivity index (χ4v) is 3.15. The van der Waals surface area contributed by atoms with E-state index in [-0.39, 0.29) is 5.91 Å². The van der Waals surface area contributed by atoms with Crippen molar-refractivity contribution in [2.75, 3.05) is 19.6 Å². The number of amides is 1. The van der Waals surface area contributed by atoms with E-state index in [0.717, 1.165) is 25.1 Å². The Bertz CT molecular complexity index is 666. The third-order valence-electron chi connectivity index (χ3n) is 4.44. The van der Waals surface area contributed by atoms with E-state index in [1.165, 1.54) is 6.42 Å². The summed E-state index contributed by atoms with van der Waals surface area (Å²) in [6, 6.07) is 10.1. The minimum atomic E-state index is -0.156. The number of rotatable bonds is 5. The Morgan fingerprint density at radius 2 is 2.17 bits per heavy atom. The zero-order chi connectivity index (χ0) is 16.2. The lowest BCUT2D eigenvalue weighted by atomic mass is 10.2. The van der Waals surface area contributed by atoms with E-state index in [1.54, 1.807) is 6.92 Å². The quantitative estimate of drug-likeness (QED) is 0.922. The van der Waals surface area contributed by atoms with Crippen molar-refractivity contribution >= 4 is 5.91 Å². The minimum absolute atomic E-state index is 0.156. The Kier molecular flexibility index (Phi) is 4.76. The van der Waals surface area contributed by atoms with E-state index >= 15 is 0 Å². The zero-order valence-corrected chi connectivity index (χ0v) is 13.7. The van der Waals surface area contributed by atoms with Crippen molar-refractivity contribution in [2.45, 2.75) is 32.7 Å². The van der Waals surface area contributed by atoms with Crippen molar-refractivity contribution < 1.29 is 9.21 Å². The van der Waals surface area contributed by atoms with Crippen LogP contribution in [0.25, 0.3) is 11.5 Å². The molecule has 1 fully saturated rings. The van der Waals surface area contributed by atoms with Crippen LogP contribution in [-0.4, -0.2) is 41.5 Å². The SMILES string of the molecule is CCN1CCCC1CNC(=O)c1nc(-c2ccccc2)oc1C. The Balaban J connectivity index is 1.67. The molecule has 1 saturated heterocycles. The highest BCUT2D eigenvalue weighted by atomic mass is 16.4. The Morgan fingerprint density at radius 3 is 2.91 bits per heavy atom. The average Bonchev–Trinajstić information content (AvgIpc) is 3.19. The van der Waals surface area contributed by atoms with Gasteiger partial charge < -0.3 is 9.73 Å². The number of aromatic nitrogens is 1. The number of benzene rings is 1. The zero-order valence-electron chi connectivity index (χ0n) is 13.7. The number of carbonyl (C=O) groups is 1. The first-order chi connectivity index (χ1) is 11.2. The summed E-state index contributed by atoms with van der Waals surface area (Å²) in [6.07, 6.45) is 2.34. The molecule has 3 rings (SSSR count). The van der Waals surface area contributed by atoms with Gasteiger partial charge in [0, 0.05) is 18.2 Å². The number of nitrogens with one attached hydrogen (secondary N) is 1. The van der Waals surface area contributed by atoms with Gasteiger partial charge in [-0.3, -0.25) is 9.69 Å². The van der Waals surface area contributed by atoms with Gasteiger partial charge in [-0.05, 0) is 45.0 Å². The first kappa shape index (κ1) is 15.7. The molecule has 1 amide bonds. The highest BCUT2D eigenvalue weighted by Gasteiger charge is 2.24. The molecule has 1 aliphatic rings. The first-order valence-electron chi connectivity index (χ1n) is 8.24. The van der Waals surface area contributed by atoms with Crippen LogP contribution in [0.2, 0.25) is 0 Å². The van der Waals surface area contributed by atoms with Crippen LogP contribution >= 0.6 is 0 Å². The molecule has 1 aromatic heterocycles. The summed E-state index contributed by atoms with van der Waals surface area (Å²) < 4.78 is 5.65. The molecule has 0 aliphatic carbocycles. The number of hydrogen-bond acceptors (Lipinski definition) is 4. The van der Waals surface area contributed by atoms with Crippen LogP contribution in [0.5, 0.6) is 0 Å².